The number of amides is 1. The van der Waals surface area contributed by atoms with E-state index in [1.165, 1.54) is 0 Å². The lowest BCUT2D eigenvalue weighted by molar-refractivity contribution is -0.153. The van der Waals surface area contributed by atoms with Gasteiger partial charge in [-0.2, -0.15) is 26.3 Å². The van der Waals surface area contributed by atoms with Gasteiger partial charge in [0.1, 0.15) is 11.5 Å². The number of alkyl halides is 7. The topological polar surface area (TPSA) is 47.6 Å². The maximum atomic E-state index is 12.3. The maximum Gasteiger partial charge on any atom is 0.422 e. The zero-order chi connectivity index (χ0) is 18.4. The van der Waals surface area contributed by atoms with Gasteiger partial charge in [0, 0.05) is 18.5 Å². The molecule has 0 aliphatic rings. The maximum absolute atomic E-state index is 12.3. The molecule has 0 heterocycles. The first-order chi connectivity index (χ1) is 11.0. The molecule has 11 heteroatoms. The predicted molar refractivity (Wildman–Crippen MR) is 72.6 cm³/mol. The molecule has 1 rings (SSSR count). The minimum atomic E-state index is -4.69. The molecule has 0 saturated heterocycles. The summed E-state index contributed by atoms with van der Waals surface area (Å²) >= 11 is 5.38. The minimum Gasteiger partial charge on any atom is -0.484 e. The average molecular weight is 380 g/mol. The van der Waals surface area contributed by atoms with Crippen LogP contribution in [0.1, 0.15) is 10.4 Å². The largest absolute Gasteiger partial charge is 0.484 e. The Morgan fingerprint density at radius 2 is 1.62 bits per heavy atom. The van der Waals surface area contributed by atoms with Crippen molar-refractivity contribution in [2.45, 2.75) is 12.4 Å². The summed E-state index contributed by atoms with van der Waals surface area (Å²) in [4.78, 5) is 11.8. The zero-order valence-electron chi connectivity index (χ0n) is 11.9. The first kappa shape index (κ1) is 20.2. The van der Waals surface area contributed by atoms with E-state index in [-0.39, 0.29) is 18.0 Å². The van der Waals surface area contributed by atoms with Crippen LogP contribution >= 0.6 is 11.6 Å². The van der Waals surface area contributed by atoms with Gasteiger partial charge >= 0.3 is 12.4 Å². The molecule has 1 aromatic carbocycles. The molecule has 4 nitrogen and oxygen atoms in total. The lowest BCUT2D eigenvalue weighted by atomic mass is 10.1. The molecule has 0 unspecified atom stereocenters. The van der Waals surface area contributed by atoms with Crippen LogP contribution in [0.2, 0.25) is 0 Å². The van der Waals surface area contributed by atoms with Gasteiger partial charge in [-0.3, -0.25) is 4.79 Å². The van der Waals surface area contributed by atoms with Crippen molar-refractivity contribution in [2.24, 2.45) is 0 Å². The van der Waals surface area contributed by atoms with Crippen LogP contribution in [0.3, 0.4) is 0 Å². The van der Waals surface area contributed by atoms with Crippen molar-refractivity contribution in [1.29, 1.82) is 0 Å². The first-order valence-electron chi connectivity index (χ1n) is 6.39. The number of nitrogens with one attached hydrogen (secondary N) is 1. The Kier molecular flexibility index (Phi) is 7.00. The Bertz CT molecular complexity index is 562. The smallest absolute Gasteiger partial charge is 0.422 e. The number of halogens is 7. The van der Waals surface area contributed by atoms with Gasteiger partial charge in [-0.25, -0.2) is 0 Å². The van der Waals surface area contributed by atoms with Gasteiger partial charge < -0.3 is 14.8 Å². The van der Waals surface area contributed by atoms with Gasteiger partial charge in [0.2, 0.25) is 0 Å². The Labute approximate surface area is 137 Å². The molecule has 0 aliphatic carbocycles. The third-order valence-corrected chi connectivity index (χ3v) is 2.56. The lowest BCUT2D eigenvalue weighted by Gasteiger charge is -2.15. The fraction of sp³-hybridized carbons (Fsp3) is 0.462. The molecule has 0 fully saturated rings. The van der Waals surface area contributed by atoms with E-state index in [1.807, 2.05) is 0 Å². The molecule has 0 aromatic heterocycles. The van der Waals surface area contributed by atoms with E-state index in [1.54, 1.807) is 0 Å². The quantitative estimate of drug-likeness (QED) is 0.582. The van der Waals surface area contributed by atoms with Crippen LogP contribution in [0.15, 0.2) is 18.2 Å². The second kappa shape index (κ2) is 8.32. The summed E-state index contributed by atoms with van der Waals surface area (Å²) in [5.41, 5.74) is -0.288. The van der Waals surface area contributed by atoms with Crippen LogP contribution < -0.4 is 14.8 Å². The molecule has 0 radical (unpaired) electrons. The Hall–Kier alpha value is -1.84. The van der Waals surface area contributed by atoms with Crippen LogP contribution in [0.4, 0.5) is 26.3 Å². The highest BCUT2D eigenvalue weighted by Gasteiger charge is 2.30. The van der Waals surface area contributed by atoms with Crippen LogP contribution in [-0.4, -0.2) is 43.9 Å². The number of hydrogen-bond donors (Lipinski definition) is 1. The molecule has 1 N–H and O–H groups in total. The zero-order valence-corrected chi connectivity index (χ0v) is 12.7. The number of ether oxygens (including phenoxy) is 2. The SMILES string of the molecule is O=C(NCCCl)c1ccc(OCC(F)(F)F)cc1OCC(F)(F)F. The van der Waals surface area contributed by atoms with Crippen molar-refractivity contribution < 1.29 is 40.6 Å². The third kappa shape index (κ3) is 7.62. The van der Waals surface area contributed by atoms with Crippen molar-refractivity contribution in [3.8, 4) is 11.5 Å². The van der Waals surface area contributed by atoms with Crippen molar-refractivity contribution in [1.82, 2.24) is 5.32 Å². The molecular formula is C13H12ClF6NO3. The van der Waals surface area contributed by atoms with E-state index >= 15 is 0 Å². The first-order valence-corrected chi connectivity index (χ1v) is 6.92. The lowest BCUT2D eigenvalue weighted by Crippen LogP contribution is -2.27. The summed E-state index contributed by atoms with van der Waals surface area (Å²) in [7, 11) is 0. The molecule has 24 heavy (non-hydrogen) atoms. The number of benzene rings is 1. The molecule has 1 aromatic rings. The van der Waals surface area contributed by atoms with Crippen molar-refractivity contribution in [3.63, 3.8) is 0 Å². The second-order valence-corrected chi connectivity index (χ2v) is 4.79. The number of carbonyl (C=O) groups is 1. The van der Waals surface area contributed by atoms with Gasteiger partial charge in [-0.15, -0.1) is 11.6 Å². The fourth-order valence-electron chi connectivity index (χ4n) is 1.48. The van der Waals surface area contributed by atoms with Crippen molar-refractivity contribution in [2.75, 3.05) is 25.6 Å². The summed E-state index contributed by atoms with van der Waals surface area (Å²) in [5, 5.41) is 2.31. The predicted octanol–water partition coefficient (Wildman–Crippen LogP) is 3.54. The highest BCUT2D eigenvalue weighted by molar-refractivity contribution is 6.18. The number of hydrogen-bond acceptors (Lipinski definition) is 3. The van der Waals surface area contributed by atoms with Gasteiger partial charge in [0.15, 0.2) is 13.2 Å². The van der Waals surface area contributed by atoms with Crippen LogP contribution in [0.5, 0.6) is 11.5 Å². The Morgan fingerprint density at radius 1 is 1.04 bits per heavy atom. The normalized spacial score (nSPS) is 12.0. The highest BCUT2D eigenvalue weighted by atomic mass is 35.5. The summed E-state index contributed by atoms with van der Waals surface area (Å²) in [6.45, 7) is -3.31. The van der Waals surface area contributed by atoms with Gasteiger partial charge in [-0.05, 0) is 12.1 Å². The number of rotatable bonds is 7. The number of carbonyl (C=O) groups excluding carboxylic acids is 1. The molecule has 0 spiro atoms. The summed E-state index contributed by atoms with van der Waals surface area (Å²) < 4.78 is 82.0. The van der Waals surface area contributed by atoms with Crippen molar-refractivity contribution >= 4 is 17.5 Å². The van der Waals surface area contributed by atoms with Crippen LogP contribution in [0.25, 0.3) is 0 Å². The van der Waals surface area contributed by atoms with E-state index < -0.39 is 43.0 Å². The second-order valence-electron chi connectivity index (χ2n) is 4.41. The minimum absolute atomic E-state index is 0.0470. The van der Waals surface area contributed by atoms with Gasteiger partial charge in [-0.1, -0.05) is 0 Å². The van der Waals surface area contributed by atoms with Crippen molar-refractivity contribution in [3.05, 3.63) is 23.8 Å². The van der Waals surface area contributed by atoms with Gasteiger partial charge in [0.25, 0.3) is 5.91 Å². The standard InChI is InChI=1S/C13H12ClF6NO3/c14-3-4-21-11(22)9-2-1-8(23-6-12(15,16)17)5-10(9)24-7-13(18,19)20/h1-2,5H,3-4,6-7H2,(H,21,22). The van der Waals surface area contributed by atoms with Crippen LogP contribution in [0, 0.1) is 0 Å². The third-order valence-electron chi connectivity index (χ3n) is 2.37. The molecule has 0 bridgehead atoms. The molecule has 0 saturated carbocycles. The molecule has 136 valence electrons. The molecule has 0 atom stereocenters. The molecular weight excluding hydrogens is 368 g/mol. The van der Waals surface area contributed by atoms with Crippen LogP contribution in [-0.2, 0) is 0 Å². The Balaban J connectivity index is 2.98. The summed E-state index contributed by atoms with van der Waals surface area (Å²) in [5.74, 6) is -1.66. The van der Waals surface area contributed by atoms with E-state index in [2.05, 4.69) is 14.8 Å². The average Bonchev–Trinajstić information content (AvgIpc) is 2.47. The fourth-order valence-corrected chi connectivity index (χ4v) is 1.57. The highest BCUT2D eigenvalue weighted by Crippen LogP contribution is 2.28. The van der Waals surface area contributed by atoms with E-state index in [9.17, 15) is 31.1 Å². The van der Waals surface area contributed by atoms with Gasteiger partial charge in [0.05, 0.1) is 5.56 Å². The van der Waals surface area contributed by atoms with E-state index in [0.29, 0.717) is 0 Å². The molecule has 0 aliphatic heterocycles. The van der Waals surface area contributed by atoms with E-state index in [0.717, 1.165) is 18.2 Å². The van der Waals surface area contributed by atoms with E-state index in [4.69, 9.17) is 11.6 Å². The Morgan fingerprint density at radius 3 is 2.17 bits per heavy atom. The molecule has 1 amide bonds. The monoisotopic (exact) mass is 379 g/mol. The summed E-state index contributed by atoms with van der Waals surface area (Å²) in [6, 6.07) is 2.80. The summed E-state index contributed by atoms with van der Waals surface area (Å²) in [6.07, 6.45) is -9.31.